The van der Waals surface area contributed by atoms with E-state index in [1.807, 2.05) is 18.2 Å². The second-order valence-corrected chi connectivity index (χ2v) is 24.1. The molecule has 0 saturated heterocycles. The number of rotatable bonds is 20. The van der Waals surface area contributed by atoms with Gasteiger partial charge in [0.25, 0.3) is 0 Å². The van der Waals surface area contributed by atoms with Crippen molar-refractivity contribution in [3.63, 3.8) is 0 Å². The predicted octanol–water partition coefficient (Wildman–Crippen LogP) is 16.2. The van der Waals surface area contributed by atoms with Gasteiger partial charge in [-0.1, -0.05) is 143 Å². The summed E-state index contributed by atoms with van der Waals surface area (Å²) in [5.41, 5.74) is 8.90. The lowest BCUT2D eigenvalue weighted by atomic mass is 10.2. The van der Waals surface area contributed by atoms with Crippen LogP contribution in [0.4, 0.5) is 0 Å². The van der Waals surface area contributed by atoms with E-state index in [0.29, 0.717) is 37.7 Å². The van der Waals surface area contributed by atoms with Gasteiger partial charge in [0.15, 0.2) is 0 Å². The van der Waals surface area contributed by atoms with Gasteiger partial charge in [-0.05, 0) is 109 Å². The number of halogens is 4. The lowest BCUT2D eigenvalue weighted by molar-refractivity contribution is -0.0351. The summed E-state index contributed by atoms with van der Waals surface area (Å²) in [5, 5.41) is 32.4. The maximum absolute atomic E-state index is 11.5. The zero-order valence-corrected chi connectivity index (χ0v) is 49.6. The molecule has 0 radical (unpaired) electrons. The summed E-state index contributed by atoms with van der Waals surface area (Å²) in [6, 6.07) is 66.8. The highest BCUT2D eigenvalue weighted by molar-refractivity contribution is 9.11. The van der Waals surface area contributed by atoms with Crippen molar-refractivity contribution < 1.29 is 29.2 Å². The Morgan fingerprint density at radius 3 is 0.875 bits per heavy atom. The molecule has 2 N–H and O–H groups in total. The van der Waals surface area contributed by atoms with E-state index < -0.39 is 12.2 Å². The fourth-order valence-corrected chi connectivity index (χ4v) is 13.1. The van der Waals surface area contributed by atoms with Crippen LogP contribution in [0.15, 0.2) is 212 Å². The third-order valence-electron chi connectivity index (χ3n) is 15.2. The molecule has 0 aliphatic heterocycles. The number of aliphatic hydroxyl groups is 2. The number of aliphatic hydroxyl groups excluding tert-OH is 2. The smallest absolute Gasteiger partial charge is 0.123 e. The number of fused-ring (bicyclic) bond motifs is 12. The van der Waals surface area contributed by atoms with E-state index in [1.54, 1.807) is 6.07 Å². The van der Waals surface area contributed by atoms with Gasteiger partial charge in [0.2, 0.25) is 0 Å². The molecule has 0 bridgehead atoms. The summed E-state index contributed by atoms with van der Waals surface area (Å²) in [5.74, 6) is 1.04. The van der Waals surface area contributed by atoms with Crippen LogP contribution in [0.2, 0.25) is 0 Å². The van der Waals surface area contributed by atoms with E-state index in [4.69, 9.17) is 18.9 Å². The molecule has 13 rings (SSSR count). The number of aromatic nitrogens is 4. The number of benzene rings is 9. The third kappa shape index (κ3) is 10.6. The van der Waals surface area contributed by atoms with Gasteiger partial charge >= 0.3 is 0 Å². The van der Waals surface area contributed by atoms with Gasteiger partial charge < -0.3 is 47.4 Å². The fourth-order valence-electron chi connectivity index (χ4n) is 11.7. The molecule has 14 heteroatoms. The molecule has 13 aromatic rings. The molecule has 10 nitrogen and oxygen atoms in total. The molecule has 402 valence electrons. The first kappa shape index (κ1) is 52.9. The van der Waals surface area contributed by atoms with Gasteiger partial charge in [0.05, 0.1) is 51.6 Å². The Hall–Kier alpha value is -6.46. The molecule has 80 heavy (non-hydrogen) atoms. The summed E-state index contributed by atoms with van der Waals surface area (Å²) in [6.07, 6.45) is -2.56. The van der Waals surface area contributed by atoms with Crippen molar-refractivity contribution in [3.8, 4) is 11.5 Å². The first-order chi connectivity index (χ1) is 39.1. The number of nitrogens with zero attached hydrogens (tertiary/aromatic N) is 4. The first-order valence-electron chi connectivity index (χ1n) is 26.7. The third-order valence-corrected chi connectivity index (χ3v) is 17.2. The van der Waals surface area contributed by atoms with Crippen LogP contribution in [0.5, 0.6) is 11.5 Å². The minimum Gasteiger partial charge on any atom is -0.491 e. The van der Waals surface area contributed by atoms with Gasteiger partial charge in [-0.15, -0.1) is 0 Å². The van der Waals surface area contributed by atoms with Crippen LogP contribution >= 0.6 is 63.7 Å². The minimum atomic E-state index is -0.939. The van der Waals surface area contributed by atoms with Crippen molar-refractivity contribution in [3.05, 3.63) is 212 Å². The quantitative estimate of drug-likeness (QED) is 0.0789. The topological polar surface area (TPSA) is 97.1 Å². The molecule has 0 saturated carbocycles. The van der Waals surface area contributed by atoms with Crippen LogP contribution in [-0.2, 0) is 35.7 Å². The van der Waals surface area contributed by atoms with Gasteiger partial charge in [-0.3, -0.25) is 0 Å². The van der Waals surface area contributed by atoms with Crippen LogP contribution in [0.3, 0.4) is 0 Å². The monoisotopic (exact) mass is 1310 g/mol. The van der Waals surface area contributed by atoms with Crippen LogP contribution in [0.1, 0.15) is 0 Å². The molecular formula is C66H54Br4N4O6. The van der Waals surface area contributed by atoms with E-state index >= 15 is 0 Å². The molecule has 4 atom stereocenters. The van der Waals surface area contributed by atoms with Gasteiger partial charge in [-0.25, -0.2) is 0 Å². The zero-order chi connectivity index (χ0) is 54.4. The highest BCUT2D eigenvalue weighted by Gasteiger charge is 2.24. The summed E-state index contributed by atoms with van der Waals surface area (Å²) < 4.78 is 39.4. The van der Waals surface area contributed by atoms with Crippen molar-refractivity contribution >= 4 is 151 Å². The van der Waals surface area contributed by atoms with Crippen molar-refractivity contribution in [1.82, 2.24) is 18.3 Å². The summed E-state index contributed by atoms with van der Waals surface area (Å²) >= 11 is 14.8. The van der Waals surface area contributed by atoms with Crippen LogP contribution in [0.25, 0.3) is 87.2 Å². The zero-order valence-electron chi connectivity index (χ0n) is 43.3. The fraction of sp³-hybridized carbons (Fsp3) is 0.182. The Kier molecular flexibility index (Phi) is 15.1. The maximum Gasteiger partial charge on any atom is 0.123 e. The molecule has 9 aromatic carbocycles. The van der Waals surface area contributed by atoms with E-state index in [9.17, 15) is 10.2 Å². The first-order valence-corrected chi connectivity index (χ1v) is 29.9. The van der Waals surface area contributed by atoms with Crippen molar-refractivity contribution in [2.45, 2.75) is 50.6 Å². The minimum absolute atomic E-state index is 0.00662. The molecule has 4 aromatic heterocycles. The van der Waals surface area contributed by atoms with E-state index in [0.717, 1.165) is 83.6 Å². The van der Waals surface area contributed by atoms with Gasteiger partial charge in [0, 0.05) is 111 Å². The lowest BCUT2D eigenvalue weighted by Gasteiger charge is -2.24. The highest BCUT2D eigenvalue weighted by Crippen LogP contribution is 2.37. The van der Waals surface area contributed by atoms with Crippen molar-refractivity contribution in [2.75, 3.05) is 26.4 Å². The summed E-state index contributed by atoms with van der Waals surface area (Å²) in [4.78, 5) is 0. The van der Waals surface area contributed by atoms with Gasteiger partial charge in [-0.2, -0.15) is 0 Å². The Balaban J connectivity index is 0.694. The number of hydrogen-bond donors (Lipinski definition) is 2. The van der Waals surface area contributed by atoms with E-state index in [-0.39, 0.29) is 38.6 Å². The molecule has 4 heterocycles. The Labute approximate surface area is 495 Å². The molecule has 0 amide bonds. The SMILES string of the molecule is OC(COc1cccc(OCC(O)COC(Cn2c3ccccc3c3ccccc32)Cn2c3ccc(Br)cc3c3cc(Br)ccc32)c1)COC(Cn1c2ccccc2c2ccccc21)Cn1c2ccc(Br)cc2c2cc(Br)ccc21. The Bertz CT molecular complexity index is 3930. The maximum atomic E-state index is 11.5. The molecule has 0 aliphatic carbocycles. The number of hydrogen-bond acceptors (Lipinski definition) is 6. The lowest BCUT2D eigenvalue weighted by Crippen LogP contribution is -2.32. The summed E-state index contributed by atoms with van der Waals surface area (Å²) in [6.45, 7) is 2.24. The van der Waals surface area contributed by atoms with Gasteiger partial charge in [0.1, 0.15) is 36.9 Å². The largest absolute Gasteiger partial charge is 0.491 e. The van der Waals surface area contributed by atoms with Crippen molar-refractivity contribution in [2.24, 2.45) is 0 Å². The molecule has 4 unspecified atom stereocenters. The molecule has 0 spiro atoms. The number of para-hydroxylation sites is 4. The standard InChI is InChI=1S/C66H54Br4N4O6/c67-41-20-24-63-55(28-41)56-29-42(68)21-25-64(56)73(63)35-49(33-71-59-16-5-1-12-51(59)52-13-2-6-17-60(52)71)79-39-45(75)37-77-47-10-9-11-48(32-47)78-38-46(76)40-80-50(34-72-61-18-7-3-14-53(61)54-15-4-8-19-62(54)72)36-74-65-26-22-43(69)30-57(65)58-31-44(70)23-27-66(58)74/h1-32,45-46,49-50,75-76H,33-40H2. The number of ether oxygens (including phenoxy) is 4. The second-order valence-electron chi connectivity index (χ2n) is 20.5. The average molecular weight is 1320 g/mol. The molecule has 0 aliphatic rings. The highest BCUT2D eigenvalue weighted by atomic mass is 79.9. The van der Waals surface area contributed by atoms with Crippen LogP contribution in [-0.4, -0.2) is 79.3 Å². The second kappa shape index (κ2) is 22.8. The molecular weight excluding hydrogens is 1260 g/mol. The summed E-state index contributed by atoms with van der Waals surface area (Å²) in [7, 11) is 0. The van der Waals surface area contributed by atoms with Crippen molar-refractivity contribution in [1.29, 1.82) is 0 Å². The predicted molar refractivity (Wildman–Crippen MR) is 338 cm³/mol. The van der Waals surface area contributed by atoms with E-state index in [1.165, 1.54) is 21.5 Å². The average Bonchev–Trinajstić information content (AvgIpc) is 4.18. The normalized spacial score (nSPS) is 13.7. The molecule has 0 fully saturated rings. The Morgan fingerprint density at radius 2 is 0.575 bits per heavy atom. The Morgan fingerprint density at radius 1 is 0.300 bits per heavy atom. The van der Waals surface area contributed by atoms with Crippen LogP contribution in [0, 0.1) is 0 Å². The van der Waals surface area contributed by atoms with E-state index in [2.05, 4.69) is 252 Å². The van der Waals surface area contributed by atoms with Crippen LogP contribution < -0.4 is 9.47 Å².